The molecular formula is C19H24N4O. The summed E-state index contributed by atoms with van der Waals surface area (Å²) >= 11 is 0. The van der Waals surface area contributed by atoms with Gasteiger partial charge in [-0.25, -0.2) is 4.98 Å². The summed E-state index contributed by atoms with van der Waals surface area (Å²) in [5.74, 6) is 2.56. The van der Waals surface area contributed by atoms with E-state index < -0.39 is 0 Å². The van der Waals surface area contributed by atoms with Gasteiger partial charge in [0.05, 0.1) is 0 Å². The molecule has 2 aromatic rings. The number of nitrogens with zero attached hydrogens (tertiary/aromatic N) is 4. The Bertz CT molecular complexity index is 720. The summed E-state index contributed by atoms with van der Waals surface area (Å²) < 4.78 is 2.39. The quantitative estimate of drug-likeness (QED) is 0.868. The van der Waals surface area contributed by atoms with Crippen LogP contribution in [0.1, 0.15) is 53.5 Å². The van der Waals surface area contributed by atoms with E-state index in [-0.39, 0.29) is 5.91 Å². The molecule has 1 amide bonds. The number of pyridine rings is 1. The molecule has 0 spiro atoms. The molecule has 1 aliphatic heterocycles. The highest BCUT2D eigenvalue weighted by molar-refractivity contribution is 5.94. The van der Waals surface area contributed by atoms with Crippen molar-refractivity contribution in [3.63, 3.8) is 0 Å². The van der Waals surface area contributed by atoms with Crippen molar-refractivity contribution in [2.24, 2.45) is 5.92 Å². The molecule has 0 N–H and O–H groups in total. The van der Waals surface area contributed by atoms with Crippen molar-refractivity contribution in [1.29, 1.82) is 0 Å². The molecule has 0 aromatic carbocycles. The van der Waals surface area contributed by atoms with Crippen LogP contribution in [0.3, 0.4) is 0 Å². The molecule has 1 atom stereocenters. The first-order valence-electron chi connectivity index (χ1n) is 8.93. The molecule has 5 heteroatoms. The third-order valence-corrected chi connectivity index (χ3v) is 5.20. The normalized spacial score (nSPS) is 21.0. The van der Waals surface area contributed by atoms with Crippen molar-refractivity contribution in [2.45, 2.75) is 45.1 Å². The molecule has 1 saturated heterocycles. The number of amides is 1. The number of piperidine rings is 1. The number of hydrogen-bond donors (Lipinski definition) is 0. The Hall–Kier alpha value is -2.17. The predicted molar refractivity (Wildman–Crippen MR) is 91.8 cm³/mol. The van der Waals surface area contributed by atoms with Gasteiger partial charge in [0.15, 0.2) is 0 Å². The van der Waals surface area contributed by atoms with E-state index in [0.29, 0.717) is 11.8 Å². The number of carbonyl (C=O) groups is 1. The molecule has 1 unspecified atom stereocenters. The van der Waals surface area contributed by atoms with Crippen LogP contribution in [0, 0.1) is 12.8 Å². The number of carbonyl (C=O) groups excluding carboxylic acids is 1. The van der Waals surface area contributed by atoms with Gasteiger partial charge in [0, 0.05) is 55.4 Å². The van der Waals surface area contributed by atoms with Crippen molar-refractivity contribution < 1.29 is 4.79 Å². The molecular weight excluding hydrogens is 300 g/mol. The second kappa shape index (κ2) is 6.38. The Morgan fingerprint density at radius 2 is 2.04 bits per heavy atom. The third kappa shape index (κ3) is 3.07. The fraction of sp³-hybridized carbons (Fsp3) is 0.526. The number of aryl methyl sites for hydroxylation is 1. The zero-order valence-corrected chi connectivity index (χ0v) is 14.2. The summed E-state index contributed by atoms with van der Waals surface area (Å²) in [5, 5.41) is 0. The highest BCUT2D eigenvalue weighted by Crippen LogP contribution is 2.40. The van der Waals surface area contributed by atoms with Gasteiger partial charge in [-0.1, -0.05) is 0 Å². The van der Waals surface area contributed by atoms with Gasteiger partial charge in [0.2, 0.25) is 0 Å². The van der Waals surface area contributed by atoms with Crippen LogP contribution in [0.15, 0.2) is 30.7 Å². The Morgan fingerprint density at radius 1 is 1.25 bits per heavy atom. The van der Waals surface area contributed by atoms with Crippen LogP contribution in [-0.2, 0) is 6.54 Å². The number of imidazole rings is 1. The fourth-order valence-electron chi connectivity index (χ4n) is 3.72. The highest BCUT2D eigenvalue weighted by atomic mass is 16.2. The third-order valence-electron chi connectivity index (χ3n) is 5.20. The lowest BCUT2D eigenvalue weighted by Crippen LogP contribution is -2.41. The molecule has 0 bridgehead atoms. The molecule has 0 radical (unpaired) electrons. The first-order valence-corrected chi connectivity index (χ1v) is 8.93. The summed E-state index contributed by atoms with van der Waals surface area (Å²) in [7, 11) is 0. The van der Waals surface area contributed by atoms with Gasteiger partial charge in [-0.15, -0.1) is 0 Å². The van der Waals surface area contributed by atoms with Crippen molar-refractivity contribution >= 4 is 5.91 Å². The van der Waals surface area contributed by atoms with Crippen LogP contribution in [0.4, 0.5) is 0 Å². The second-order valence-electron chi connectivity index (χ2n) is 7.14. The highest BCUT2D eigenvalue weighted by Gasteiger charge is 2.31. The Labute approximate surface area is 142 Å². The van der Waals surface area contributed by atoms with E-state index in [1.165, 1.54) is 30.8 Å². The van der Waals surface area contributed by atoms with Gasteiger partial charge >= 0.3 is 0 Å². The van der Waals surface area contributed by atoms with Crippen molar-refractivity contribution in [3.8, 4) is 0 Å². The van der Waals surface area contributed by atoms with Crippen LogP contribution >= 0.6 is 0 Å². The largest absolute Gasteiger partial charge is 0.338 e. The maximum absolute atomic E-state index is 12.7. The monoisotopic (exact) mass is 324 g/mol. The number of aromatic nitrogens is 3. The summed E-state index contributed by atoms with van der Waals surface area (Å²) in [4.78, 5) is 23.3. The summed E-state index contributed by atoms with van der Waals surface area (Å²) in [6.07, 6.45) is 10.2. The zero-order chi connectivity index (χ0) is 16.5. The lowest BCUT2D eigenvalue weighted by molar-refractivity contribution is 0.0661. The molecule has 24 heavy (non-hydrogen) atoms. The SMILES string of the molecule is Cc1cnc(C2CC2)n1CC1CCCN(C(=O)c2ccncc2)C1. The van der Waals surface area contributed by atoms with Crippen LogP contribution in [-0.4, -0.2) is 38.4 Å². The van der Waals surface area contributed by atoms with Gasteiger partial charge in [-0.2, -0.15) is 0 Å². The number of likely N-dealkylation sites (tertiary alicyclic amines) is 1. The van der Waals surface area contributed by atoms with Crippen LogP contribution in [0.2, 0.25) is 0 Å². The van der Waals surface area contributed by atoms with E-state index in [1.54, 1.807) is 24.5 Å². The van der Waals surface area contributed by atoms with Gasteiger partial charge < -0.3 is 9.47 Å². The average molecular weight is 324 g/mol. The minimum atomic E-state index is 0.131. The minimum Gasteiger partial charge on any atom is -0.338 e. The van der Waals surface area contributed by atoms with E-state index in [4.69, 9.17) is 0 Å². The maximum Gasteiger partial charge on any atom is 0.253 e. The smallest absolute Gasteiger partial charge is 0.253 e. The lowest BCUT2D eigenvalue weighted by atomic mass is 9.97. The van der Waals surface area contributed by atoms with E-state index >= 15 is 0 Å². The second-order valence-corrected chi connectivity index (χ2v) is 7.14. The summed E-state index contributed by atoms with van der Waals surface area (Å²) in [6.45, 7) is 4.82. The molecule has 1 saturated carbocycles. The van der Waals surface area contributed by atoms with E-state index in [0.717, 1.165) is 31.6 Å². The van der Waals surface area contributed by atoms with Gasteiger partial charge in [-0.3, -0.25) is 9.78 Å². The average Bonchev–Trinajstić information content (AvgIpc) is 3.40. The molecule has 4 rings (SSSR count). The number of hydrogen-bond acceptors (Lipinski definition) is 3. The van der Waals surface area contributed by atoms with Crippen molar-refractivity contribution in [3.05, 3.63) is 47.8 Å². The number of rotatable bonds is 4. The maximum atomic E-state index is 12.7. The first-order chi connectivity index (χ1) is 11.7. The van der Waals surface area contributed by atoms with Gasteiger partial charge in [0.1, 0.15) is 5.82 Å². The van der Waals surface area contributed by atoms with E-state index in [2.05, 4.69) is 21.5 Å². The Kier molecular flexibility index (Phi) is 4.08. The summed E-state index contributed by atoms with van der Waals surface area (Å²) in [6, 6.07) is 3.61. The lowest BCUT2D eigenvalue weighted by Gasteiger charge is -2.33. The molecule has 126 valence electrons. The molecule has 2 aromatic heterocycles. The van der Waals surface area contributed by atoms with Gasteiger partial charge in [0.25, 0.3) is 5.91 Å². The van der Waals surface area contributed by atoms with Crippen molar-refractivity contribution in [2.75, 3.05) is 13.1 Å². The predicted octanol–water partition coefficient (Wildman–Crippen LogP) is 3.02. The minimum absolute atomic E-state index is 0.131. The van der Waals surface area contributed by atoms with Crippen LogP contribution in [0.25, 0.3) is 0 Å². The Balaban J connectivity index is 1.46. The molecule has 3 heterocycles. The van der Waals surface area contributed by atoms with Crippen LogP contribution in [0.5, 0.6) is 0 Å². The van der Waals surface area contributed by atoms with E-state index in [9.17, 15) is 4.79 Å². The molecule has 2 fully saturated rings. The van der Waals surface area contributed by atoms with E-state index in [1.807, 2.05) is 11.1 Å². The molecule has 2 aliphatic rings. The standard InChI is InChI=1S/C19H24N4O/c1-14-11-21-18(16-4-5-16)23(14)13-15-3-2-10-22(12-15)19(24)17-6-8-20-9-7-17/h6-9,11,15-16H,2-5,10,12-13H2,1H3. The van der Waals surface area contributed by atoms with Crippen LogP contribution < -0.4 is 0 Å². The van der Waals surface area contributed by atoms with Crippen molar-refractivity contribution in [1.82, 2.24) is 19.4 Å². The Morgan fingerprint density at radius 3 is 2.79 bits per heavy atom. The molecule has 5 nitrogen and oxygen atoms in total. The van der Waals surface area contributed by atoms with Gasteiger partial charge in [-0.05, 0) is 50.7 Å². The topological polar surface area (TPSA) is 51.0 Å². The molecule has 1 aliphatic carbocycles. The zero-order valence-electron chi connectivity index (χ0n) is 14.2. The fourth-order valence-corrected chi connectivity index (χ4v) is 3.72. The first kappa shape index (κ1) is 15.4. The summed E-state index contributed by atoms with van der Waals surface area (Å²) in [5.41, 5.74) is 1.98.